The van der Waals surface area contributed by atoms with Gasteiger partial charge in [0, 0.05) is 11.1 Å². The molecule has 1 aromatic carbocycles. The summed E-state index contributed by atoms with van der Waals surface area (Å²) in [6.45, 7) is 2.09. The molecule has 0 atom stereocenters. The van der Waals surface area contributed by atoms with Crippen molar-refractivity contribution in [3.63, 3.8) is 0 Å². The number of aromatic amines is 1. The first-order valence-electron chi connectivity index (χ1n) is 4.91. The molecule has 2 nitrogen and oxygen atoms in total. The second-order valence-electron chi connectivity index (χ2n) is 3.68. The third-order valence-corrected chi connectivity index (χ3v) is 2.65. The summed E-state index contributed by atoms with van der Waals surface area (Å²) in [4.78, 5) is 2.71. The molecule has 0 aliphatic carbocycles. The van der Waals surface area contributed by atoms with Crippen LogP contribution in [0, 0.1) is 24.4 Å². The second kappa shape index (κ2) is 3.83. The lowest BCUT2D eigenvalue weighted by molar-refractivity contribution is 0.453. The third-order valence-electron chi connectivity index (χ3n) is 2.65. The summed E-state index contributed by atoms with van der Waals surface area (Å²) >= 11 is 0. The van der Waals surface area contributed by atoms with Crippen LogP contribution in [0.15, 0.2) is 6.07 Å². The quantitative estimate of drug-likeness (QED) is 0.761. The van der Waals surface area contributed by atoms with Gasteiger partial charge < -0.3 is 10.7 Å². The fraction of sp³-hybridized carbons (Fsp3) is 0.273. The largest absolute Gasteiger partial charge is 0.356 e. The highest BCUT2D eigenvalue weighted by molar-refractivity contribution is 5.85. The first-order valence-corrected chi connectivity index (χ1v) is 4.91. The molecule has 0 spiro atoms. The van der Waals surface area contributed by atoms with Gasteiger partial charge in [0.1, 0.15) is 0 Å². The van der Waals surface area contributed by atoms with Gasteiger partial charge >= 0.3 is 0 Å². The number of halogens is 3. The smallest absolute Gasteiger partial charge is 0.196 e. The number of hydrogen-bond acceptors (Lipinski definition) is 1. The summed E-state index contributed by atoms with van der Waals surface area (Å²) < 4.78 is 39.5. The minimum atomic E-state index is -1.45. The van der Waals surface area contributed by atoms with Crippen LogP contribution < -0.4 is 5.73 Å². The molecule has 0 unspecified atom stereocenters. The number of benzene rings is 1. The Balaban J connectivity index is 2.80. The third kappa shape index (κ3) is 1.48. The van der Waals surface area contributed by atoms with Crippen molar-refractivity contribution in [1.82, 2.24) is 4.98 Å². The minimum Gasteiger partial charge on any atom is -0.356 e. The van der Waals surface area contributed by atoms with Crippen molar-refractivity contribution in [2.45, 2.75) is 13.3 Å². The van der Waals surface area contributed by atoms with Crippen LogP contribution in [0.1, 0.15) is 11.3 Å². The number of nitrogens with one attached hydrogen (secondary N) is 1. The van der Waals surface area contributed by atoms with Gasteiger partial charge in [0.15, 0.2) is 17.5 Å². The van der Waals surface area contributed by atoms with Gasteiger partial charge in [-0.25, -0.2) is 13.2 Å². The highest BCUT2D eigenvalue weighted by atomic mass is 19.2. The van der Waals surface area contributed by atoms with E-state index in [1.807, 2.05) is 0 Å². The van der Waals surface area contributed by atoms with Crippen LogP contribution in [0.4, 0.5) is 13.2 Å². The van der Waals surface area contributed by atoms with Crippen LogP contribution in [-0.2, 0) is 6.42 Å². The molecule has 2 aromatic rings. The van der Waals surface area contributed by atoms with Gasteiger partial charge in [0.05, 0.1) is 5.52 Å². The van der Waals surface area contributed by atoms with E-state index in [0.717, 1.165) is 11.6 Å². The average molecular weight is 228 g/mol. The van der Waals surface area contributed by atoms with Gasteiger partial charge in [-0.15, -0.1) is 0 Å². The number of fused-ring (bicyclic) bond motifs is 1. The lowest BCUT2D eigenvalue weighted by Crippen LogP contribution is -2.03. The van der Waals surface area contributed by atoms with E-state index in [-0.39, 0.29) is 5.52 Å². The molecule has 2 rings (SSSR count). The molecular weight excluding hydrogens is 217 g/mol. The SMILES string of the molecule is Cc1[nH]c2c(F)c(F)c(F)cc2c1CCN. The van der Waals surface area contributed by atoms with E-state index in [1.165, 1.54) is 0 Å². The van der Waals surface area contributed by atoms with Crippen molar-refractivity contribution in [2.24, 2.45) is 5.73 Å². The van der Waals surface area contributed by atoms with Crippen molar-refractivity contribution in [1.29, 1.82) is 0 Å². The second-order valence-corrected chi connectivity index (χ2v) is 3.68. The zero-order chi connectivity index (χ0) is 11.9. The molecule has 3 N–H and O–H groups in total. The molecule has 0 radical (unpaired) electrons. The summed E-state index contributed by atoms with van der Waals surface area (Å²) in [5.74, 6) is -3.81. The van der Waals surface area contributed by atoms with Crippen LogP contribution in [0.5, 0.6) is 0 Å². The molecule has 0 aliphatic rings. The van der Waals surface area contributed by atoms with Crippen LogP contribution in [0.25, 0.3) is 10.9 Å². The molecule has 16 heavy (non-hydrogen) atoms. The van der Waals surface area contributed by atoms with Crippen LogP contribution in [0.2, 0.25) is 0 Å². The Morgan fingerprint density at radius 3 is 2.56 bits per heavy atom. The van der Waals surface area contributed by atoms with Crippen molar-refractivity contribution in [3.05, 3.63) is 34.8 Å². The van der Waals surface area contributed by atoms with Gasteiger partial charge in [0.25, 0.3) is 0 Å². The molecule has 5 heteroatoms. The Labute approximate surface area is 90.3 Å². The number of H-pyrrole nitrogens is 1. The highest BCUT2D eigenvalue weighted by Crippen LogP contribution is 2.27. The number of rotatable bonds is 2. The van der Waals surface area contributed by atoms with Crippen molar-refractivity contribution < 1.29 is 13.2 Å². The van der Waals surface area contributed by atoms with E-state index in [2.05, 4.69) is 4.98 Å². The lowest BCUT2D eigenvalue weighted by Gasteiger charge is -2.00. The summed E-state index contributed by atoms with van der Waals surface area (Å²) in [5, 5.41) is 0.361. The van der Waals surface area contributed by atoms with Gasteiger partial charge in [-0.1, -0.05) is 0 Å². The first-order chi connectivity index (χ1) is 7.56. The predicted molar refractivity (Wildman–Crippen MR) is 55.7 cm³/mol. The maximum Gasteiger partial charge on any atom is 0.196 e. The molecule has 1 aromatic heterocycles. The Kier molecular flexibility index (Phi) is 2.63. The van der Waals surface area contributed by atoms with E-state index in [4.69, 9.17) is 5.73 Å². The van der Waals surface area contributed by atoms with Crippen molar-refractivity contribution >= 4 is 10.9 Å². The molecule has 1 heterocycles. The van der Waals surface area contributed by atoms with Crippen molar-refractivity contribution in [3.8, 4) is 0 Å². The summed E-state index contributed by atoms with van der Waals surface area (Å²) in [6.07, 6.45) is 0.496. The maximum absolute atomic E-state index is 13.4. The monoisotopic (exact) mass is 228 g/mol. The topological polar surface area (TPSA) is 41.8 Å². The Morgan fingerprint density at radius 2 is 1.94 bits per heavy atom. The Bertz CT molecular complexity index is 546. The molecule has 0 bridgehead atoms. The van der Waals surface area contributed by atoms with Gasteiger partial charge in [0.2, 0.25) is 0 Å². The summed E-state index contributed by atoms with van der Waals surface area (Å²) in [7, 11) is 0. The summed E-state index contributed by atoms with van der Waals surface area (Å²) in [5.41, 5.74) is 6.83. The van der Waals surface area contributed by atoms with E-state index >= 15 is 0 Å². The van der Waals surface area contributed by atoms with Crippen molar-refractivity contribution in [2.75, 3.05) is 6.54 Å². The number of nitrogens with two attached hydrogens (primary N) is 1. The lowest BCUT2D eigenvalue weighted by atomic mass is 10.1. The van der Waals surface area contributed by atoms with Crippen LogP contribution >= 0.6 is 0 Å². The molecule has 0 fully saturated rings. The molecule has 0 saturated carbocycles. The van der Waals surface area contributed by atoms with E-state index in [9.17, 15) is 13.2 Å². The minimum absolute atomic E-state index is 0.000139. The zero-order valence-electron chi connectivity index (χ0n) is 8.70. The van der Waals surface area contributed by atoms with Gasteiger partial charge in [-0.05, 0) is 31.5 Å². The maximum atomic E-state index is 13.4. The van der Waals surface area contributed by atoms with Crippen LogP contribution in [0.3, 0.4) is 0 Å². The highest BCUT2D eigenvalue weighted by Gasteiger charge is 2.18. The average Bonchev–Trinajstić information content (AvgIpc) is 2.55. The Morgan fingerprint density at radius 1 is 1.25 bits per heavy atom. The normalized spacial score (nSPS) is 11.3. The van der Waals surface area contributed by atoms with E-state index < -0.39 is 17.5 Å². The summed E-state index contributed by atoms with van der Waals surface area (Å²) in [6, 6.07) is 1.00. The molecule has 0 amide bonds. The van der Waals surface area contributed by atoms with Gasteiger partial charge in [-0.2, -0.15) is 0 Å². The standard InChI is InChI=1S/C11H11F3N2/c1-5-6(2-3-15)7-4-8(12)9(13)10(14)11(7)16-5/h4,16H,2-3,15H2,1H3. The first kappa shape index (κ1) is 11.0. The number of aryl methyl sites for hydroxylation is 1. The zero-order valence-corrected chi connectivity index (χ0v) is 8.70. The van der Waals surface area contributed by atoms with Gasteiger partial charge in [-0.3, -0.25) is 0 Å². The number of hydrogen-bond donors (Lipinski definition) is 2. The predicted octanol–water partition coefficient (Wildman–Crippen LogP) is 2.39. The number of aromatic nitrogens is 1. The fourth-order valence-corrected chi connectivity index (χ4v) is 1.89. The fourth-order valence-electron chi connectivity index (χ4n) is 1.89. The van der Waals surface area contributed by atoms with E-state index in [0.29, 0.717) is 24.0 Å². The molecule has 0 saturated heterocycles. The van der Waals surface area contributed by atoms with E-state index in [1.54, 1.807) is 6.92 Å². The molecule has 86 valence electrons. The van der Waals surface area contributed by atoms with Crippen LogP contribution in [-0.4, -0.2) is 11.5 Å². The molecule has 0 aliphatic heterocycles. The Hall–Kier alpha value is -1.49. The molecular formula is C11H11F3N2.